The summed E-state index contributed by atoms with van der Waals surface area (Å²) in [6, 6.07) is 19.7. The van der Waals surface area contributed by atoms with E-state index in [1.54, 1.807) is 55.5 Å². The topological polar surface area (TPSA) is 71.1 Å². The highest BCUT2D eigenvalue weighted by Crippen LogP contribution is 2.30. The van der Waals surface area contributed by atoms with E-state index in [1.165, 1.54) is 0 Å². The molecule has 7 nitrogen and oxygen atoms in total. The third-order valence-electron chi connectivity index (χ3n) is 5.66. The van der Waals surface area contributed by atoms with E-state index in [9.17, 15) is 9.59 Å². The van der Waals surface area contributed by atoms with Gasteiger partial charge in [-0.25, -0.2) is 4.79 Å². The molecule has 176 valence electrons. The fourth-order valence-corrected chi connectivity index (χ4v) is 4.04. The average molecular weight is 480 g/mol. The number of ether oxygens (including phenoxy) is 2. The standard InChI is InChI=1S/C26H26ClN3O4/c1-33-23-12-11-21(16-24(23)34-2)28-25(31)19-5-3-6-22(15-19)30-14-4-13-29(26(30)32)17-18-7-9-20(27)10-8-18/h3,5-12,15-16H,4,13-14,17H2,1-2H3,(H,28,31). The molecular formula is C26H26ClN3O4. The Labute approximate surface area is 203 Å². The Morgan fingerprint density at radius 2 is 1.74 bits per heavy atom. The van der Waals surface area contributed by atoms with Crippen molar-refractivity contribution in [1.82, 2.24) is 4.90 Å². The number of hydrogen-bond acceptors (Lipinski definition) is 4. The Bertz CT molecular complexity index is 1180. The molecule has 0 atom stereocenters. The lowest BCUT2D eigenvalue weighted by molar-refractivity contribution is 0.102. The first-order chi connectivity index (χ1) is 16.5. The van der Waals surface area contributed by atoms with Crippen molar-refractivity contribution in [3.63, 3.8) is 0 Å². The van der Waals surface area contributed by atoms with Crippen molar-refractivity contribution in [3.8, 4) is 11.5 Å². The van der Waals surface area contributed by atoms with Gasteiger partial charge in [0.1, 0.15) is 0 Å². The van der Waals surface area contributed by atoms with Crippen molar-refractivity contribution in [2.45, 2.75) is 13.0 Å². The van der Waals surface area contributed by atoms with E-state index in [-0.39, 0.29) is 11.9 Å². The minimum absolute atomic E-state index is 0.0846. The molecule has 4 rings (SSSR count). The van der Waals surface area contributed by atoms with Crippen LogP contribution in [0.3, 0.4) is 0 Å². The first-order valence-corrected chi connectivity index (χ1v) is 11.3. The number of halogens is 1. The van der Waals surface area contributed by atoms with Crippen LogP contribution in [0.4, 0.5) is 16.2 Å². The van der Waals surface area contributed by atoms with Crippen molar-refractivity contribution in [1.29, 1.82) is 0 Å². The van der Waals surface area contributed by atoms with Crippen LogP contribution in [0.15, 0.2) is 66.7 Å². The lowest BCUT2D eigenvalue weighted by atomic mass is 10.1. The minimum Gasteiger partial charge on any atom is -0.493 e. The van der Waals surface area contributed by atoms with Crippen LogP contribution in [0.2, 0.25) is 5.02 Å². The van der Waals surface area contributed by atoms with Crippen LogP contribution < -0.4 is 19.7 Å². The molecule has 0 bridgehead atoms. The molecule has 1 aliphatic rings. The SMILES string of the molecule is COc1ccc(NC(=O)c2cccc(N3CCCN(Cc4ccc(Cl)cc4)C3=O)c2)cc1OC. The summed E-state index contributed by atoms with van der Waals surface area (Å²) in [4.78, 5) is 29.6. The molecule has 1 N–H and O–H groups in total. The lowest BCUT2D eigenvalue weighted by Gasteiger charge is -2.35. The molecule has 8 heteroatoms. The third-order valence-corrected chi connectivity index (χ3v) is 5.91. The Hall–Kier alpha value is -3.71. The summed E-state index contributed by atoms with van der Waals surface area (Å²) >= 11 is 5.97. The number of nitrogens with one attached hydrogen (secondary N) is 1. The minimum atomic E-state index is -0.281. The van der Waals surface area contributed by atoms with E-state index in [2.05, 4.69) is 5.32 Å². The predicted molar refractivity (Wildman–Crippen MR) is 133 cm³/mol. The Kier molecular flexibility index (Phi) is 7.23. The molecule has 0 unspecified atom stereocenters. The van der Waals surface area contributed by atoms with E-state index < -0.39 is 0 Å². The molecule has 34 heavy (non-hydrogen) atoms. The van der Waals surface area contributed by atoms with Crippen molar-refractivity contribution < 1.29 is 19.1 Å². The number of carbonyl (C=O) groups excluding carboxylic acids is 2. The average Bonchev–Trinajstić information content (AvgIpc) is 2.86. The molecule has 0 radical (unpaired) electrons. The highest BCUT2D eigenvalue weighted by Gasteiger charge is 2.27. The second kappa shape index (κ2) is 10.5. The molecule has 0 spiro atoms. The summed E-state index contributed by atoms with van der Waals surface area (Å²) in [5, 5.41) is 3.54. The number of hydrogen-bond donors (Lipinski definition) is 1. The number of anilines is 2. The third kappa shape index (κ3) is 5.26. The smallest absolute Gasteiger partial charge is 0.324 e. The predicted octanol–water partition coefficient (Wildman–Crippen LogP) is 5.44. The molecule has 3 aromatic carbocycles. The van der Waals surface area contributed by atoms with Gasteiger partial charge >= 0.3 is 6.03 Å². The van der Waals surface area contributed by atoms with Crippen LogP contribution >= 0.6 is 11.6 Å². The fraction of sp³-hybridized carbons (Fsp3) is 0.231. The molecular weight excluding hydrogens is 454 g/mol. The Morgan fingerprint density at radius 3 is 2.47 bits per heavy atom. The van der Waals surface area contributed by atoms with Gasteiger partial charge in [-0.1, -0.05) is 29.8 Å². The maximum absolute atomic E-state index is 13.2. The zero-order valence-corrected chi connectivity index (χ0v) is 19.8. The molecule has 0 aromatic heterocycles. The monoisotopic (exact) mass is 479 g/mol. The summed E-state index contributed by atoms with van der Waals surface area (Å²) in [6.07, 6.45) is 0.835. The quantitative estimate of drug-likeness (QED) is 0.489. The van der Waals surface area contributed by atoms with Gasteiger partial charge in [-0.2, -0.15) is 0 Å². The molecule has 0 saturated carbocycles. The van der Waals surface area contributed by atoms with Gasteiger partial charge in [-0.05, 0) is 54.4 Å². The van der Waals surface area contributed by atoms with Crippen LogP contribution in [0.1, 0.15) is 22.3 Å². The number of nitrogens with zero attached hydrogens (tertiary/aromatic N) is 2. The summed E-state index contributed by atoms with van der Waals surface area (Å²) in [5.74, 6) is 0.819. The maximum atomic E-state index is 13.2. The van der Waals surface area contributed by atoms with E-state index in [4.69, 9.17) is 21.1 Å². The van der Waals surface area contributed by atoms with Gasteiger partial charge in [0.05, 0.1) is 14.2 Å². The highest BCUT2D eigenvalue weighted by molar-refractivity contribution is 6.30. The molecule has 0 aliphatic carbocycles. The van der Waals surface area contributed by atoms with Crippen molar-refractivity contribution in [2.75, 3.05) is 37.5 Å². The number of methoxy groups -OCH3 is 2. The van der Waals surface area contributed by atoms with Gasteiger partial charge < -0.3 is 19.7 Å². The van der Waals surface area contributed by atoms with E-state index in [0.29, 0.717) is 53.1 Å². The second-order valence-corrected chi connectivity index (χ2v) is 8.35. The molecule has 1 aliphatic heterocycles. The summed E-state index contributed by atoms with van der Waals surface area (Å²) in [5.41, 5.74) is 2.74. The van der Waals surface area contributed by atoms with Crippen molar-refractivity contribution in [2.24, 2.45) is 0 Å². The van der Waals surface area contributed by atoms with Gasteiger partial charge in [0, 0.05) is 47.7 Å². The maximum Gasteiger partial charge on any atom is 0.324 e. The number of urea groups is 1. The normalized spacial score (nSPS) is 13.6. The first-order valence-electron chi connectivity index (χ1n) is 10.9. The second-order valence-electron chi connectivity index (χ2n) is 7.91. The summed E-state index contributed by atoms with van der Waals surface area (Å²) < 4.78 is 10.5. The first kappa shape index (κ1) is 23.4. The number of benzene rings is 3. The number of carbonyl (C=O) groups is 2. The van der Waals surface area contributed by atoms with Gasteiger partial charge in [0.15, 0.2) is 11.5 Å². The molecule has 1 heterocycles. The van der Waals surface area contributed by atoms with Crippen LogP contribution in [-0.2, 0) is 6.54 Å². The fourth-order valence-electron chi connectivity index (χ4n) is 3.91. The van der Waals surface area contributed by atoms with Gasteiger partial charge in [-0.15, -0.1) is 0 Å². The number of amides is 3. The summed E-state index contributed by atoms with van der Waals surface area (Å²) in [7, 11) is 3.10. The zero-order chi connectivity index (χ0) is 24.1. The summed E-state index contributed by atoms with van der Waals surface area (Å²) in [6.45, 7) is 1.78. The van der Waals surface area contributed by atoms with Crippen molar-refractivity contribution in [3.05, 3.63) is 82.9 Å². The molecule has 1 saturated heterocycles. The lowest BCUT2D eigenvalue weighted by Crippen LogP contribution is -2.49. The van der Waals surface area contributed by atoms with E-state index in [0.717, 1.165) is 12.0 Å². The van der Waals surface area contributed by atoms with Crippen LogP contribution in [0.25, 0.3) is 0 Å². The Morgan fingerprint density at radius 1 is 0.971 bits per heavy atom. The van der Waals surface area contributed by atoms with Crippen molar-refractivity contribution >= 4 is 34.9 Å². The largest absolute Gasteiger partial charge is 0.493 e. The molecule has 1 fully saturated rings. The molecule has 3 amide bonds. The van der Waals surface area contributed by atoms with Crippen LogP contribution in [-0.4, -0.2) is 44.1 Å². The van der Waals surface area contributed by atoms with E-state index >= 15 is 0 Å². The van der Waals surface area contributed by atoms with Gasteiger partial charge in [-0.3, -0.25) is 9.69 Å². The van der Waals surface area contributed by atoms with Gasteiger partial charge in [0.25, 0.3) is 5.91 Å². The zero-order valence-electron chi connectivity index (χ0n) is 19.1. The van der Waals surface area contributed by atoms with Crippen LogP contribution in [0, 0.1) is 0 Å². The van der Waals surface area contributed by atoms with Gasteiger partial charge in [0.2, 0.25) is 0 Å². The molecule has 3 aromatic rings. The van der Waals surface area contributed by atoms with E-state index in [1.807, 2.05) is 35.2 Å². The Balaban J connectivity index is 1.48. The number of rotatable bonds is 7. The highest BCUT2D eigenvalue weighted by atomic mass is 35.5. The van der Waals surface area contributed by atoms with Crippen LogP contribution in [0.5, 0.6) is 11.5 Å².